The van der Waals surface area contributed by atoms with Gasteiger partial charge in [-0.3, -0.25) is 9.20 Å². The van der Waals surface area contributed by atoms with Gasteiger partial charge >= 0.3 is 5.97 Å². The second kappa shape index (κ2) is 11.2. The minimum absolute atomic E-state index is 0.0437. The summed E-state index contributed by atoms with van der Waals surface area (Å²) in [5, 5.41) is 9.79. The van der Waals surface area contributed by atoms with E-state index in [1.54, 1.807) is 0 Å². The second-order valence-electron chi connectivity index (χ2n) is 11.4. The summed E-state index contributed by atoms with van der Waals surface area (Å²) in [6.07, 6.45) is 3.66. The molecule has 5 heterocycles. The quantitative estimate of drug-likeness (QED) is 0.318. The highest BCUT2D eigenvalue weighted by atomic mass is 16.6. The molecular formula is C33H37N3O5. The van der Waals surface area contributed by atoms with E-state index in [0.29, 0.717) is 26.4 Å². The number of imidazole rings is 1. The molecule has 3 aliphatic heterocycles. The van der Waals surface area contributed by atoms with Gasteiger partial charge in [0.1, 0.15) is 23.8 Å². The summed E-state index contributed by atoms with van der Waals surface area (Å²) >= 11 is 0. The Hall–Kier alpha value is -3.88. The molecule has 0 unspecified atom stereocenters. The van der Waals surface area contributed by atoms with Crippen LogP contribution in [0.5, 0.6) is 5.75 Å². The second-order valence-corrected chi connectivity index (χ2v) is 11.4. The number of carboxylic acid groups (broad SMARTS) is 1. The number of benzene rings is 2. The van der Waals surface area contributed by atoms with E-state index in [4.69, 9.17) is 19.2 Å². The Kier molecular flexibility index (Phi) is 7.45. The van der Waals surface area contributed by atoms with Gasteiger partial charge in [0.2, 0.25) is 0 Å². The van der Waals surface area contributed by atoms with Crippen LogP contribution in [0, 0.1) is 13.8 Å². The third-order valence-corrected chi connectivity index (χ3v) is 8.27. The van der Waals surface area contributed by atoms with E-state index >= 15 is 0 Å². The molecule has 0 radical (unpaired) electrons. The number of piperidine rings is 1. The molecule has 2 aromatic heterocycles. The number of aryl methyl sites for hydroxylation is 2. The maximum atomic E-state index is 11.9. The number of nitrogens with zero attached hydrogens (tertiary/aromatic N) is 3. The smallest absolute Gasteiger partial charge is 0.307 e. The first-order valence-corrected chi connectivity index (χ1v) is 14.3. The zero-order valence-electron chi connectivity index (χ0n) is 24.0. The summed E-state index contributed by atoms with van der Waals surface area (Å²) in [5.74, 6) is 0.885. The fourth-order valence-corrected chi connectivity index (χ4v) is 5.95. The van der Waals surface area contributed by atoms with Gasteiger partial charge in [0, 0.05) is 36.0 Å². The highest BCUT2D eigenvalue weighted by molar-refractivity contribution is 5.78. The van der Waals surface area contributed by atoms with Crippen LogP contribution in [0.15, 0.2) is 54.7 Å². The first-order valence-electron chi connectivity index (χ1n) is 14.3. The lowest BCUT2D eigenvalue weighted by Crippen LogP contribution is -2.45. The van der Waals surface area contributed by atoms with Crippen LogP contribution in [0.3, 0.4) is 0 Å². The normalized spacial score (nSPS) is 17.3. The summed E-state index contributed by atoms with van der Waals surface area (Å²) in [5.41, 5.74) is 7.30. The number of hydrogen-bond donors (Lipinski definition) is 1. The van der Waals surface area contributed by atoms with Gasteiger partial charge in [-0.15, -0.1) is 0 Å². The van der Waals surface area contributed by atoms with Gasteiger partial charge in [0.25, 0.3) is 0 Å². The first kappa shape index (κ1) is 27.3. The molecule has 6 bridgehead atoms. The van der Waals surface area contributed by atoms with Crippen molar-refractivity contribution in [3.63, 3.8) is 0 Å². The van der Waals surface area contributed by atoms with E-state index in [1.165, 1.54) is 0 Å². The van der Waals surface area contributed by atoms with Crippen LogP contribution in [-0.2, 0) is 20.7 Å². The minimum Gasteiger partial charge on any atom is -0.491 e. The van der Waals surface area contributed by atoms with Crippen molar-refractivity contribution in [2.75, 3.05) is 44.4 Å². The van der Waals surface area contributed by atoms with E-state index in [-0.39, 0.29) is 12.0 Å². The lowest BCUT2D eigenvalue weighted by Gasteiger charge is -2.41. The van der Waals surface area contributed by atoms with Crippen LogP contribution in [0.1, 0.15) is 36.5 Å². The Labute approximate surface area is 240 Å². The molecule has 0 amide bonds. The van der Waals surface area contributed by atoms with Crippen LogP contribution >= 0.6 is 0 Å². The number of fused-ring (bicyclic) bond motifs is 8. The predicted octanol–water partition coefficient (Wildman–Crippen LogP) is 5.70. The average Bonchev–Trinajstić information content (AvgIpc) is 3.37. The monoisotopic (exact) mass is 555 g/mol. The summed E-state index contributed by atoms with van der Waals surface area (Å²) in [6.45, 7) is 9.67. The summed E-state index contributed by atoms with van der Waals surface area (Å²) in [4.78, 5) is 19.3. The first-order chi connectivity index (χ1) is 19.8. The standard InChI is InChI=1S/C33H37N3O5/c1-22-7-8-26-24-5-4-6-25(19-24)28-21-36-30(34-28)18-23(2)27(20-31(37)38)32(36)35-11-9-33(3,10-12-35)41-16-14-39-13-15-40-29(26)17-22/h4-8,17-19,21H,9-16,20H2,1-3H3,(H,37,38). The van der Waals surface area contributed by atoms with Crippen LogP contribution in [0.2, 0.25) is 0 Å². The molecule has 7 rings (SSSR count). The van der Waals surface area contributed by atoms with Crippen molar-refractivity contribution >= 4 is 17.4 Å². The van der Waals surface area contributed by atoms with E-state index in [1.807, 2.05) is 25.3 Å². The van der Waals surface area contributed by atoms with Crippen LogP contribution in [0.4, 0.5) is 5.82 Å². The fourth-order valence-electron chi connectivity index (χ4n) is 5.95. The molecule has 0 atom stereocenters. The van der Waals surface area contributed by atoms with Crippen molar-refractivity contribution < 1.29 is 24.1 Å². The Morgan fingerprint density at radius 1 is 1.00 bits per heavy atom. The van der Waals surface area contributed by atoms with Gasteiger partial charge in [-0.2, -0.15) is 0 Å². The molecule has 8 nitrogen and oxygen atoms in total. The van der Waals surface area contributed by atoms with Crippen molar-refractivity contribution in [3.8, 4) is 28.1 Å². The number of aromatic nitrogens is 2. The number of carboxylic acids is 1. The maximum Gasteiger partial charge on any atom is 0.307 e. The topological polar surface area (TPSA) is 85.5 Å². The number of rotatable bonds is 2. The van der Waals surface area contributed by atoms with Gasteiger partial charge in [-0.25, -0.2) is 4.98 Å². The summed E-state index contributed by atoms with van der Waals surface area (Å²) in [6, 6.07) is 16.6. The number of ether oxygens (including phenoxy) is 3. The third-order valence-electron chi connectivity index (χ3n) is 8.27. The molecule has 2 aromatic carbocycles. The van der Waals surface area contributed by atoms with Crippen LogP contribution in [0.25, 0.3) is 28.0 Å². The van der Waals surface area contributed by atoms with Gasteiger partial charge in [0.05, 0.1) is 37.5 Å². The van der Waals surface area contributed by atoms with Crippen molar-refractivity contribution in [2.45, 2.75) is 45.6 Å². The Balaban J connectivity index is 1.48. The lowest BCUT2D eigenvalue weighted by molar-refractivity contribution is -0.136. The fraction of sp³-hybridized carbons (Fsp3) is 0.394. The lowest BCUT2D eigenvalue weighted by atomic mass is 9.92. The molecule has 0 spiro atoms. The van der Waals surface area contributed by atoms with Gasteiger partial charge in [-0.05, 0) is 68.5 Å². The van der Waals surface area contributed by atoms with E-state index in [2.05, 4.69) is 59.5 Å². The van der Waals surface area contributed by atoms with E-state index in [0.717, 1.165) is 82.2 Å². The van der Waals surface area contributed by atoms with E-state index < -0.39 is 5.97 Å². The molecule has 0 saturated carbocycles. The number of anilines is 1. The molecule has 1 fully saturated rings. The van der Waals surface area contributed by atoms with Crippen LogP contribution in [-0.4, -0.2) is 65.6 Å². The molecule has 3 aliphatic rings. The third kappa shape index (κ3) is 5.67. The molecule has 0 aliphatic carbocycles. The van der Waals surface area contributed by atoms with Gasteiger partial charge in [-0.1, -0.05) is 30.3 Å². The Morgan fingerprint density at radius 2 is 1.78 bits per heavy atom. The van der Waals surface area contributed by atoms with Crippen LogP contribution < -0.4 is 9.64 Å². The van der Waals surface area contributed by atoms with Gasteiger partial charge in [0.15, 0.2) is 0 Å². The highest BCUT2D eigenvalue weighted by Gasteiger charge is 2.33. The average molecular weight is 556 g/mol. The molecule has 8 heteroatoms. The SMILES string of the molecule is Cc1ccc2c(c1)OCCOCCOC1(C)CCN(CC1)c1c(CC(=O)O)c(C)cc3nc(cn13)-c1cccc-2c1. The summed E-state index contributed by atoms with van der Waals surface area (Å²) < 4.78 is 20.4. The zero-order chi connectivity index (χ0) is 28.6. The molecular weight excluding hydrogens is 518 g/mol. The molecule has 1 N–H and O–H groups in total. The van der Waals surface area contributed by atoms with Gasteiger partial charge < -0.3 is 24.2 Å². The van der Waals surface area contributed by atoms with E-state index in [9.17, 15) is 9.90 Å². The molecule has 1 saturated heterocycles. The maximum absolute atomic E-state index is 11.9. The predicted molar refractivity (Wildman–Crippen MR) is 159 cm³/mol. The largest absolute Gasteiger partial charge is 0.491 e. The number of hydrogen-bond acceptors (Lipinski definition) is 6. The molecule has 4 aromatic rings. The molecule has 41 heavy (non-hydrogen) atoms. The molecule has 214 valence electrons. The van der Waals surface area contributed by atoms with Crippen molar-refractivity contribution in [3.05, 3.63) is 71.4 Å². The zero-order valence-corrected chi connectivity index (χ0v) is 24.0. The number of pyridine rings is 1. The minimum atomic E-state index is -0.843. The van der Waals surface area contributed by atoms with Crippen molar-refractivity contribution in [1.82, 2.24) is 9.38 Å². The van der Waals surface area contributed by atoms with Crippen molar-refractivity contribution in [2.24, 2.45) is 0 Å². The summed E-state index contributed by atoms with van der Waals surface area (Å²) in [7, 11) is 0. The Morgan fingerprint density at radius 3 is 2.59 bits per heavy atom. The Bertz CT molecular complexity index is 1590. The number of carbonyl (C=O) groups is 1. The van der Waals surface area contributed by atoms with Crippen molar-refractivity contribution in [1.29, 1.82) is 0 Å². The highest BCUT2D eigenvalue weighted by Crippen LogP contribution is 2.36. The number of aliphatic carboxylic acids is 1.